The summed E-state index contributed by atoms with van der Waals surface area (Å²) in [4.78, 5) is 28.4. The number of benzene rings is 1. The molecule has 5 nitrogen and oxygen atoms in total. The highest BCUT2D eigenvalue weighted by Gasteiger charge is 2.27. The van der Waals surface area contributed by atoms with E-state index in [1.165, 1.54) is 24.9 Å². The van der Waals surface area contributed by atoms with E-state index in [4.69, 9.17) is 4.74 Å². The highest BCUT2D eigenvalue weighted by Crippen LogP contribution is 2.40. The molecule has 2 heterocycles. The van der Waals surface area contributed by atoms with Crippen molar-refractivity contribution in [3.8, 4) is 11.1 Å². The lowest BCUT2D eigenvalue weighted by molar-refractivity contribution is -0.117. The Hall–Kier alpha value is -2.18. The van der Waals surface area contributed by atoms with Crippen molar-refractivity contribution in [2.45, 2.75) is 27.2 Å². The fourth-order valence-electron chi connectivity index (χ4n) is 4.17. The first kappa shape index (κ1) is 20.6. The number of piperidine rings is 1. The van der Waals surface area contributed by atoms with E-state index in [9.17, 15) is 9.59 Å². The van der Waals surface area contributed by atoms with Crippen LogP contribution in [0.5, 0.6) is 0 Å². The molecular formula is C22H28N2O3S. The number of nitrogens with zero attached hydrogens (tertiary/aromatic N) is 1. The van der Waals surface area contributed by atoms with Crippen LogP contribution in [0.4, 0.5) is 5.00 Å². The Morgan fingerprint density at radius 3 is 2.43 bits per heavy atom. The van der Waals surface area contributed by atoms with E-state index in [2.05, 4.69) is 24.1 Å². The molecule has 0 bridgehead atoms. The molecule has 28 heavy (non-hydrogen) atoms. The number of thiophene rings is 1. The van der Waals surface area contributed by atoms with Crippen LogP contribution in [-0.4, -0.2) is 43.5 Å². The Bertz CT molecular complexity index is 837. The van der Waals surface area contributed by atoms with Gasteiger partial charge in [0.15, 0.2) is 0 Å². The van der Waals surface area contributed by atoms with Crippen LogP contribution < -0.4 is 5.32 Å². The molecule has 1 N–H and O–H groups in total. The smallest absolute Gasteiger partial charge is 0.341 e. The predicted octanol–water partition coefficient (Wildman–Crippen LogP) is 4.43. The summed E-state index contributed by atoms with van der Waals surface area (Å²) in [6, 6.07) is 9.73. The number of rotatable bonds is 5. The monoisotopic (exact) mass is 400 g/mol. The van der Waals surface area contributed by atoms with Crippen LogP contribution in [0.2, 0.25) is 0 Å². The SMILES string of the molecule is COC(=O)c1c(NC(=O)CN2CC(C)CC(C)C2)sc(C)c1-c1ccccc1. The molecule has 3 rings (SSSR count). The van der Waals surface area contributed by atoms with Crippen LogP contribution in [0.25, 0.3) is 11.1 Å². The molecule has 2 atom stereocenters. The zero-order valence-electron chi connectivity index (χ0n) is 17.0. The number of anilines is 1. The van der Waals surface area contributed by atoms with Gasteiger partial charge in [-0.15, -0.1) is 11.3 Å². The van der Waals surface area contributed by atoms with Gasteiger partial charge >= 0.3 is 5.97 Å². The quantitative estimate of drug-likeness (QED) is 0.755. The first-order valence-electron chi connectivity index (χ1n) is 9.68. The van der Waals surface area contributed by atoms with E-state index in [0.29, 0.717) is 28.9 Å². The number of carbonyl (C=O) groups excluding carboxylic acids is 2. The third-order valence-corrected chi connectivity index (χ3v) is 6.12. The Morgan fingerprint density at radius 1 is 1.18 bits per heavy atom. The number of methoxy groups -OCH3 is 1. The van der Waals surface area contributed by atoms with Gasteiger partial charge in [-0.05, 0) is 30.7 Å². The summed E-state index contributed by atoms with van der Waals surface area (Å²) in [6.07, 6.45) is 1.20. The average Bonchev–Trinajstić information content (AvgIpc) is 2.96. The molecule has 150 valence electrons. The van der Waals surface area contributed by atoms with Crippen molar-refractivity contribution in [3.63, 3.8) is 0 Å². The number of hydrogen-bond donors (Lipinski definition) is 1. The molecule has 1 aliphatic rings. The molecule has 0 saturated carbocycles. The van der Waals surface area contributed by atoms with Gasteiger partial charge in [0.1, 0.15) is 10.6 Å². The summed E-state index contributed by atoms with van der Waals surface area (Å²) in [5, 5.41) is 3.53. The number of nitrogens with one attached hydrogen (secondary N) is 1. The molecule has 2 aromatic rings. The van der Waals surface area contributed by atoms with Gasteiger partial charge in [0, 0.05) is 23.5 Å². The maximum absolute atomic E-state index is 12.7. The minimum atomic E-state index is -0.432. The number of aryl methyl sites for hydroxylation is 1. The van der Waals surface area contributed by atoms with Gasteiger partial charge in [0.05, 0.1) is 13.7 Å². The first-order valence-corrected chi connectivity index (χ1v) is 10.5. The molecule has 0 spiro atoms. The summed E-state index contributed by atoms with van der Waals surface area (Å²) in [5.74, 6) is 0.665. The highest BCUT2D eigenvalue weighted by atomic mass is 32.1. The molecule has 1 aliphatic heterocycles. The van der Waals surface area contributed by atoms with Crippen molar-refractivity contribution >= 4 is 28.2 Å². The molecule has 0 radical (unpaired) electrons. The standard InChI is InChI=1S/C22H28N2O3S/c1-14-10-15(2)12-24(11-14)13-18(25)23-21-20(22(26)27-4)19(16(3)28-21)17-8-6-5-7-9-17/h5-9,14-15H,10-13H2,1-4H3,(H,23,25). The Morgan fingerprint density at radius 2 is 1.82 bits per heavy atom. The topological polar surface area (TPSA) is 58.6 Å². The second kappa shape index (κ2) is 8.88. The zero-order valence-corrected chi connectivity index (χ0v) is 17.8. The van der Waals surface area contributed by atoms with Crippen LogP contribution in [0.3, 0.4) is 0 Å². The van der Waals surface area contributed by atoms with E-state index in [-0.39, 0.29) is 5.91 Å². The van der Waals surface area contributed by atoms with Gasteiger partial charge in [-0.25, -0.2) is 4.79 Å². The van der Waals surface area contributed by atoms with Crippen molar-refractivity contribution in [2.24, 2.45) is 11.8 Å². The molecule has 1 fully saturated rings. The number of amides is 1. The zero-order chi connectivity index (χ0) is 20.3. The van der Waals surface area contributed by atoms with Crippen molar-refractivity contribution < 1.29 is 14.3 Å². The molecular weight excluding hydrogens is 372 g/mol. The maximum atomic E-state index is 12.7. The number of ether oxygens (including phenoxy) is 1. The van der Waals surface area contributed by atoms with Gasteiger partial charge in [0.2, 0.25) is 5.91 Å². The van der Waals surface area contributed by atoms with Crippen LogP contribution in [0, 0.1) is 18.8 Å². The van der Waals surface area contributed by atoms with E-state index < -0.39 is 5.97 Å². The van der Waals surface area contributed by atoms with Crippen molar-refractivity contribution in [2.75, 3.05) is 32.1 Å². The van der Waals surface area contributed by atoms with Crippen molar-refractivity contribution in [3.05, 3.63) is 40.8 Å². The maximum Gasteiger partial charge on any atom is 0.341 e. The molecule has 0 aliphatic carbocycles. The summed E-state index contributed by atoms with van der Waals surface area (Å²) in [7, 11) is 1.37. The number of carbonyl (C=O) groups is 2. The minimum absolute atomic E-state index is 0.0904. The Labute approximate surface area is 170 Å². The lowest BCUT2D eigenvalue weighted by Gasteiger charge is -2.34. The molecule has 6 heteroatoms. The summed E-state index contributed by atoms with van der Waals surface area (Å²) in [5.41, 5.74) is 2.20. The summed E-state index contributed by atoms with van der Waals surface area (Å²) >= 11 is 1.42. The average molecular weight is 401 g/mol. The van der Waals surface area contributed by atoms with Crippen LogP contribution in [0.15, 0.2) is 30.3 Å². The normalized spacial score (nSPS) is 20.0. The van der Waals surface area contributed by atoms with Crippen LogP contribution in [-0.2, 0) is 9.53 Å². The first-order chi connectivity index (χ1) is 13.4. The number of likely N-dealkylation sites (tertiary alicyclic amines) is 1. The second-order valence-electron chi connectivity index (χ2n) is 7.78. The fourth-order valence-corrected chi connectivity index (χ4v) is 5.25. The molecule has 1 amide bonds. The van der Waals surface area contributed by atoms with E-state index in [1.807, 2.05) is 37.3 Å². The summed E-state index contributed by atoms with van der Waals surface area (Å²) in [6.45, 7) is 8.62. The van der Waals surface area contributed by atoms with Crippen LogP contribution >= 0.6 is 11.3 Å². The van der Waals surface area contributed by atoms with Gasteiger partial charge < -0.3 is 10.1 Å². The van der Waals surface area contributed by atoms with E-state index >= 15 is 0 Å². The highest BCUT2D eigenvalue weighted by molar-refractivity contribution is 7.17. The fraction of sp³-hybridized carbons (Fsp3) is 0.455. The lowest BCUT2D eigenvalue weighted by Crippen LogP contribution is -2.42. The van der Waals surface area contributed by atoms with Gasteiger partial charge in [-0.2, -0.15) is 0 Å². The molecule has 1 aromatic heterocycles. The van der Waals surface area contributed by atoms with Crippen molar-refractivity contribution in [1.82, 2.24) is 4.90 Å². The van der Waals surface area contributed by atoms with Gasteiger partial charge in [0.25, 0.3) is 0 Å². The largest absolute Gasteiger partial charge is 0.465 e. The lowest BCUT2D eigenvalue weighted by atomic mass is 9.92. The molecule has 2 unspecified atom stereocenters. The third-order valence-electron chi connectivity index (χ3n) is 5.10. The van der Waals surface area contributed by atoms with Gasteiger partial charge in [-0.3, -0.25) is 9.69 Å². The number of esters is 1. The van der Waals surface area contributed by atoms with Crippen molar-refractivity contribution in [1.29, 1.82) is 0 Å². The molecule has 1 saturated heterocycles. The second-order valence-corrected chi connectivity index (χ2v) is 9.01. The van der Waals surface area contributed by atoms with E-state index in [0.717, 1.165) is 29.1 Å². The van der Waals surface area contributed by atoms with Crippen LogP contribution in [0.1, 0.15) is 35.5 Å². The number of hydrogen-bond acceptors (Lipinski definition) is 5. The van der Waals surface area contributed by atoms with E-state index in [1.54, 1.807) is 0 Å². The summed E-state index contributed by atoms with van der Waals surface area (Å²) < 4.78 is 5.02. The Balaban J connectivity index is 1.83. The molecule has 1 aromatic carbocycles. The predicted molar refractivity (Wildman–Crippen MR) is 114 cm³/mol. The van der Waals surface area contributed by atoms with Gasteiger partial charge in [-0.1, -0.05) is 44.2 Å². The Kier molecular flexibility index (Phi) is 6.52. The third kappa shape index (κ3) is 4.62. The minimum Gasteiger partial charge on any atom is -0.465 e.